The zero-order valence-corrected chi connectivity index (χ0v) is 16.4. The summed E-state index contributed by atoms with van der Waals surface area (Å²) < 4.78 is 19.5. The maximum Gasteiger partial charge on any atom is 0.412 e. The van der Waals surface area contributed by atoms with Crippen molar-refractivity contribution in [1.29, 1.82) is 0 Å². The van der Waals surface area contributed by atoms with E-state index < -0.39 is 17.5 Å². The fourth-order valence-electron chi connectivity index (χ4n) is 2.64. The van der Waals surface area contributed by atoms with Crippen LogP contribution in [0, 0.1) is 5.82 Å². The Morgan fingerprint density at radius 2 is 1.90 bits per heavy atom. The van der Waals surface area contributed by atoms with E-state index in [0.717, 1.165) is 0 Å². The third-order valence-electron chi connectivity index (χ3n) is 3.86. The Labute approximate surface area is 168 Å². The first kappa shape index (κ1) is 20.2. The van der Waals surface area contributed by atoms with Gasteiger partial charge in [0.05, 0.1) is 11.4 Å². The van der Waals surface area contributed by atoms with E-state index >= 15 is 0 Å². The second-order valence-corrected chi connectivity index (χ2v) is 7.45. The largest absolute Gasteiger partial charge is 0.444 e. The molecule has 2 aromatic heterocycles. The number of carbonyl (C=O) groups is 1. The Morgan fingerprint density at radius 1 is 1.17 bits per heavy atom. The van der Waals surface area contributed by atoms with Crippen molar-refractivity contribution in [1.82, 2.24) is 15.0 Å². The number of nitrogens with two attached hydrogens (primary N) is 1. The number of carbonyl (C=O) groups excluding carboxylic acids is 1. The zero-order valence-electron chi connectivity index (χ0n) is 16.4. The van der Waals surface area contributed by atoms with Crippen molar-refractivity contribution in [3.63, 3.8) is 0 Å². The predicted molar refractivity (Wildman–Crippen MR) is 109 cm³/mol. The molecular formula is C21H22FN5O2. The normalized spacial score (nSPS) is 11.2. The summed E-state index contributed by atoms with van der Waals surface area (Å²) in [4.78, 5) is 25.1. The number of anilines is 2. The average molecular weight is 395 g/mol. The third-order valence-corrected chi connectivity index (χ3v) is 3.86. The highest BCUT2D eigenvalue weighted by Gasteiger charge is 2.19. The molecule has 0 bridgehead atoms. The highest BCUT2D eigenvalue weighted by atomic mass is 19.1. The number of ether oxygens (including phenoxy) is 1. The molecule has 1 aromatic carbocycles. The molecule has 0 fully saturated rings. The van der Waals surface area contributed by atoms with E-state index in [4.69, 9.17) is 10.5 Å². The highest BCUT2D eigenvalue weighted by Crippen LogP contribution is 2.25. The van der Waals surface area contributed by atoms with Gasteiger partial charge in [0.2, 0.25) is 0 Å². The summed E-state index contributed by atoms with van der Waals surface area (Å²) in [5.74, 6) is 0.0496. The van der Waals surface area contributed by atoms with Crippen LogP contribution in [0.4, 0.5) is 20.6 Å². The molecule has 1 amide bonds. The van der Waals surface area contributed by atoms with Gasteiger partial charge >= 0.3 is 6.09 Å². The Bertz CT molecular complexity index is 1020. The van der Waals surface area contributed by atoms with Gasteiger partial charge in [-0.2, -0.15) is 0 Å². The molecule has 8 heteroatoms. The fourth-order valence-corrected chi connectivity index (χ4v) is 2.64. The number of pyridine rings is 1. The third kappa shape index (κ3) is 5.47. The van der Waals surface area contributed by atoms with Crippen LogP contribution in [0.3, 0.4) is 0 Å². The summed E-state index contributed by atoms with van der Waals surface area (Å²) in [6.45, 7) is 5.30. The van der Waals surface area contributed by atoms with Crippen LogP contribution >= 0.6 is 0 Å². The fraction of sp³-hybridized carbons (Fsp3) is 0.238. The second-order valence-electron chi connectivity index (χ2n) is 7.45. The standard InChI is InChI=1S/C21H22FN5O2/c1-21(2,3)29-20(28)27-18-11-14(19-24-7-4-8-25-19)12-26-17(18)10-13-9-15(23)5-6-16(13)22/h4-9,11-12H,10,23H2,1-3H3,(H,27,28). The number of halogens is 1. The quantitative estimate of drug-likeness (QED) is 0.642. The van der Waals surface area contributed by atoms with Crippen LogP contribution in [-0.2, 0) is 11.2 Å². The van der Waals surface area contributed by atoms with Gasteiger partial charge in [-0.05, 0) is 56.7 Å². The van der Waals surface area contributed by atoms with E-state index in [-0.39, 0.29) is 6.42 Å². The van der Waals surface area contributed by atoms with Crippen LogP contribution in [0.1, 0.15) is 32.0 Å². The zero-order chi connectivity index (χ0) is 21.0. The summed E-state index contributed by atoms with van der Waals surface area (Å²) in [6, 6.07) is 7.72. The molecule has 0 atom stereocenters. The summed E-state index contributed by atoms with van der Waals surface area (Å²) in [6.07, 6.45) is 4.30. The van der Waals surface area contributed by atoms with Gasteiger partial charge in [0.15, 0.2) is 5.82 Å². The molecule has 0 saturated heterocycles. The van der Waals surface area contributed by atoms with Gasteiger partial charge in [-0.25, -0.2) is 19.2 Å². The summed E-state index contributed by atoms with van der Waals surface area (Å²) in [5, 5.41) is 2.70. The van der Waals surface area contributed by atoms with E-state index in [1.165, 1.54) is 12.1 Å². The number of hydrogen-bond acceptors (Lipinski definition) is 6. The lowest BCUT2D eigenvalue weighted by Gasteiger charge is -2.20. The maximum atomic E-state index is 14.2. The summed E-state index contributed by atoms with van der Waals surface area (Å²) >= 11 is 0. The molecule has 0 aliphatic heterocycles. The van der Waals surface area contributed by atoms with E-state index in [2.05, 4.69) is 20.3 Å². The van der Waals surface area contributed by atoms with Crippen molar-refractivity contribution in [2.24, 2.45) is 0 Å². The molecule has 0 radical (unpaired) electrons. The van der Waals surface area contributed by atoms with Crippen LogP contribution in [0.5, 0.6) is 0 Å². The topological polar surface area (TPSA) is 103 Å². The van der Waals surface area contributed by atoms with Gasteiger partial charge in [0, 0.05) is 36.3 Å². The SMILES string of the molecule is CC(C)(C)OC(=O)Nc1cc(-c2ncccn2)cnc1Cc1cc(N)ccc1F. The Morgan fingerprint density at radius 3 is 2.59 bits per heavy atom. The Hall–Kier alpha value is -3.55. The van der Waals surface area contributed by atoms with E-state index in [9.17, 15) is 9.18 Å². The van der Waals surface area contributed by atoms with Gasteiger partial charge in [0.1, 0.15) is 11.4 Å². The van der Waals surface area contributed by atoms with Crippen molar-refractivity contribution < 1.29 is 13.9 Å². The minimum absolute atomic E-state index is 0.137. The van der Waals surface area contributed by atoms with Crippen molar-refractivity contribution >= 4 is 17.5 Å². The van der Waals surface area contributed by atoms with E-state index in [1.54, 1.807) is 57.6 Å². The van der Waals surface area contributed by atoms with Gasteiger partial charge in [-0.15, -0.1) is 0 Å². The first-order valence-corrected chi connectivity index (χ1v) is 9.01. The van der Waals surface area contributed by atoms with Crippen molar-refractivity contribution in [3.05, 3.63) is 66.0 Å². The number of nitrogens with zero attached hydrogens (tertiary/aromatic N) is 3. The minimum Gasteiger partial charge on any atom is -0.444 e. The molecular weight excluding hydrogens is 373 g/mol. The lowest BCUT2D eigenvalue weighted by atomic mass is 10.1. The number of benzene rings is 1. The van der Waals surface area contributed by atoms with Crippen molar-refractivity contribution in [2.45, 2.75) is 32.8 Å². The van der Waals surface area contributed by atoms with Gasteiger partial charge < -0.3 is 10.5 Å². The number of rotatable bonds is 4. The molecule has 150 valence electrons. The number of hydrogen-bond donors (Lipinski definition) is 2. The summed E-state index contributed by atoms with van der Waals surface area (Å²) in [5.41, 5.74) is 7.36. The second kappa shape index (κ2) is 8.22. The van der Waals surface area contributed by atoms with Crippen LogP contribution < -0.4 is 11.1 Å². The Balaban J connectivity index is 1.97. The molecule has 3 aromatic rings. The molecule has 0 aliphatic carbocycles. The molecule has 0 unspecified atom stereocenters. The monoisotopic (exact) mass is 395 g/mol. The van der Waals surface area contributed by atoms with Crippen LogP contribution in [0.2, 0.25) is 0 Å². The molecule has 29 heavy (non-hydrogen) atoms. The van der Waals surface area contributed by atoms with Gasteiger partial charge in [-0.1, -0.05) is 0 Å². The van der Waals surface area contributed by atoms with Crippen molar-refractivity contribution in [2.75, 3.05) is 11.1 Å². The lowest BCUT2D eigenvalue weighted by Crippen LogP contribution is -2.27. The van der Waals surface area contributed by atoms with E-state index in [0.29, 0.717) is 34.0 Å². The maximum absolute atomic E-state index is 14.2. The highest BCUT2D eigenvalue weighted by molar-refractivity contribution is 5.86. The first-order valence-electron chi connectivity index (χ1n) is 9.01. The molecule has 7 nitrogen and oxygen atoms in total. The molecule has 2 heterocycles. The first-order chi connectivity index (χ1) is 13.7. The number of nitrogens with one attached hydrogen (secondary N) is 1. The summed E-state index contributed by atoms with van der Waals surface area (Å²) in [7, 11) is 0. The molecule has 3 N–H and O–H groups in total. The molecule has 3 rings (SSSR count). The van der Waals surface area contributed by atoms with Crippen LogP contribution in [0.15, 0.2) is 48.9 Å². The molecule has 0 saturated carbocycles. The smallest absolute Gasteiger partial charge is 0.412 e. The number of aromatic nitrogens is 3. The molecule has 0 spiro atoms. The van der Waals surface area contributed by atoms with Crippen LogP contribution in [0.25, 0.3) is 11.4 Å². The van der Waals surface area contributed by atoms with Gasteiger partial charge in [-0.3, -0.25) is 10.3 Å². The molecule has 0 aliphatic rings. The number of nitrogen functional groups attached to an aromatic ring is 1. The lowest BCUT2D eigenvalue weighted by molar-refractivity contribution is 0.0635. The van der Waals surface area contributed by atoms with Crippen LogP contribution in [-0.4, -0.2) is 26.6 Å². The number of amides is 1. The van der Waals surface area contributed by atoms with E-state index in [1.807, 2.05) is 0 Å². The minimum atomic E-state index is -0.669. The predicted octanol–water partition coefficient (Wildman–Crippen LogP) is 4.20. The van der Waals surface area contributed by atoms with Crippen molar-refractivity contribution in [3.8, 4) is 11.4 Å². The Kier molecular flexibility index (Phi) is 5.72. The van der Waals surface area contributed by atoms with Gasteiger partial charge in [0.25, 0.3) is 0 Å². The average Bonchev–Trinajstić information content (AvgIpc) is 2.65.